The van der Waals surface area contributed by atoms with Crippen molar-refractivity contribution in [3.05, 3.63) is 0 Å². The minimum absolute atomic E-state index is 0.0700. The van der Waals surface area contributed by atoms with Crippen LogP contribution in [0.15, 0.2) is 0 Å². The van der Waals surface area contributed by atoms with E-state index in [0.29, 0.717) is 18.0 Å². The zero-order valence-electron chi connectivity index (χ0n) is 11.2. The molecule has 3 heterocycles. The maximum atomic E-state index is 12.0. The number of nitrogens with zero attached hydrogens (tertiary/aromatic N) is 1. The van der Waals surface area contributed by atoms with Gasteiger partial charge in [0.05, 0.1) is 0 Å². The second-order valence-electron chi connectivity index (χ2n) is 6.20. The molecule has 2 N–H and O–H groups in total. The maximum absolute atomic E-state index is 12.0. The first-order valence-corrected chi connectivity index (χ1v) is 7.60. The van der Waals surface area contributed by atoms with E-state index in [1.54, 1.807) is 0 Å². The molecule has 2 bridgehead atoms. The van der Waals surface area contributed by atoms with E-state index in [2.05, 4.69) is 15.5 Å². The van der Waals surface area contributed by atoms with E-state index in [9.17, 15) is 4.79 Å². The van der Waals surface area contributed by atoms with E-state index in [4.69, 9.17) is 0 Å². The molecule has 4 nitrogen and oxygen atoms in total. The molecule has 4 rings (SSSR count). The predicted octanol–water partition coefficient (Wildman–Crippen LogP) is 1.71. The van der Waals surface area contributed by atoms with E-state index in [1.165, 1.54) is 45.2 Å². The Morgan fingerprint density at radius 3 is 2.28 bits per heavy atom. The van der Waals surface area contributed by atoms with Gasteiger partial charge in [-0.05, 0) is 44.7 Å². The highest BCUT2D eigenvalue weighted by molar-refractivity contribution is 5.74. The topological polar surface area (TPSA) is 44.4 Å². The number of nitrogens with one attached hydrogen (secondary N) is 2. The number of piperidine rings is 3. The summed E-state index contributed by atoms with van der Waals surface area (Å²) in [6.07, 6.45) is 8.71. The van der Waals surface area contributed by atoms with Crippen LogP contribution in [0.2, 0.25) is 0 Å². The number of fused-ring (bicyclic) bond motifs is 3. The van der Waals surface area contributed by atoms with Crippen LogP contribution in [0.5, 0.6) is 0 Å². The molecule has 4 fully saturated rings. The molecule has 1 unspecified atom stereocenters. The van der Waals surface area contributed by atoms with Gasteiger partial charge in [0, 0.05) is 18.6 Å². The molecule has 102 valence electrons. The van der Waals surface area contributed by atoms with E-state index >= 15 is 0 Å². The normalized spacial score (nSPS) is 36.3. The second kappa shape index (κ2) is 5.47. The Bertz CT molecular complexity index is 293. The van der Waals surface area contributed by atoms with Gasteiger partial charge in [-0.2, -0.15) is 0 Å². The third-order valence-electron chi connectivity index (χ3n) is 4.91. The molecule has 2 amide bonds. The molecular weight excluding hydrogens is 226 g/mol. The van der Waals surface area contributed by atoms with Crippen molar-refractivity contribution >= 4 is 6.03 Å². The number of carbonyl (C=O) groups is 1. The molecule has 0 aromatic rings. The minimum atomic E-state index is 0.0700. The Hall–Kier alpha value is -0.770. The molecule has 3 saturated heterocycles. The zero-order chi connectivity index (χ0) is 12.4. The fraction of sp³-hybridized carbons (Fsp3) is 0.929. The zero-order valence-corrected chi connectivity index (χ0v) is 11.2. The monoisotopic (exact) mass is 251 g/mol. The van der Waals surface area contributed by atoms with Crippen molar-refractivity contribution in [1.82, 2.24) is 15.5 Å². The van der Waals surface area contributed by atoms with E-state index in [-0.39, 0.29) is 6.03 Å². The van der Waals surface area contributed by atoms with Crippen LogP contribution in [0, 0.1) is 5.92 Å². The molecule has 0 aromatic carbocycles. The number of hydrogen-bond acceptors (Lipinski definition) is 2. The number of amides is 2. The summed E-state index contributed by atoms with van der Waals surface area (Å²) in [6.45, 7) is 3.52. The van der Waals surface area contributed by atoms with Crippen molar-refractivity contribution in [1.29, 1.82) is 0 Å². The molecule has 0 spiro atoms. The summed E-state index contributed by atoms with van der Waals surface area (Å²) in [7, 11) is 0. The molecule has 4 heteroatoms. The quantitative estimate of drug-likeness (QED) is 0.785. The first-order chi connectivity index (χ1) is 8.81. The molecule has 4 aliphatic rings. The van der Waals surface area contributed by atoms with Crippen LogP contribution < -0.4 is 10.6 Å². The van der Waals surface area contributed by atoms with E-state index in [0.717, 1.165) is 19.4 Å². The van der Waals surface area contributed by atoms with Gasteiger partial charge in [-0.25, -0.2) is 4.79 Å². The summed E-state index contributed by atoms with van der Waals surface area (Å²) >= 11 is 0. The SMILES string of the molecule is O=C(NC1CCCCC1)NC1CN2CCC1CC2. The van der Waals surface area contributed by atoms with Crippen LogP contribution in [0.3, 0.4) is 0 Å². The van der Waals surface area contributed by atoms with Gasteiger partial charge in [0.2, 0.25) is 0 Å². The van der Waals surface area contributed by atoms with Gasteiger partial charge in [-0.3, -0.25) is 0 Å². The van der Waals surface area contributed by atoms with Crippen LogP contribution in [-0.2, 0) is 0 Å². The van der Waals surface area contributed by atoms with Crippen molar-refractivity contribution in [2.24, 2.45) is 5.92 Å². The van der Waals surface area contributed by atoms with Gasteiger partial charge in [0.15, 0.2) is 0 Å². The predicted molar refractivity (Wildman–Crippen MR) is 71.5 cm³/mol. The Labute approximate surface area is 109 Å². The van der Waals surface area contributed by atoms with Gasteiger partial charge in [-0.1, -0.05) is 19.3 Å². The van der Waals surface area contributed by atoms with Crippen LogP contribution in [0.4, 0.5) is 4.79 Å². The summed E-state index contributed by atoms with van der Waals surface area (Å²) in [4.78, 5) is 14.5. The van der Waals surface area contributed by atoms with Crippen LogP contribution in [0.25, 0.3) is 0 Å². The van der Waals surface area contributed by atoms with Crippen molar-refractivity contribution in [3.8, 4) is 0 Å². The highest BCUT2D eigenvalue weighted by atomic mass is 16.2. The van der Waals surface area contributed by atoms with Gasteiger partial charge in [0.1, 0.15) is 0 Å². The van der Waals surface area contributed by atoms with Gasteiger partial charge < -0.3 is 15.5 Å². The van der Waals surface area contributed by atoms with Crippen molar-refractivity contribution in [2.75, 3.05) is 19.6 Å². The van der Waals surface area contributed by atoms with Crippen molar-refractivity contribution in [2.45, 2.75) is 57.0 Å². The third kappa shape index (κ3) is 2.79. The minimum Gasteiger partial charge on any atom is -0.335 e. The van der Waals surface area contributed by atoms with Crippen LogP contribution in [-0.4, -0.2) is 42.6 Å². The van der Waals surface area contributed by atoms with Gasteiger partial charge in [-0.15, -0.1) is 0 Å². The molecule has 3 aliphatic heterocycles. The highest BCUT2D eigenvalue weighted by Crippen LogP contribution is 2.27. The maximum Gasteiger partial charge on any atom is 0.315 e. The summed E-state index contributed by atoms with van der Waals surface area (Å²) in [5.74, 6) is 0.715. The Kier molecular flexibility index (Phi) is 3.73. The van der Waals surface area contributed by atoms with Crippen LogP contribution >= 0.6 is 0 Å². The van der Waals surface area contributed by atoms with Gasteiger partial charge in [0.25, 0.3) is 0 Å². The number of hydrogen-bond donors (Lipinski definition) is 2. The lowest BCUT2D eigenvalue weighted by molar-refractivity contribution is 0.0762. The van der Waals surface area contributed by atoms with E-state index < -0.39 is 0 Å². The van der Waals surface area contributed by atoms with Crippen molar-refractivity contribution < 1.29 is 4.79 Å². The lowest BCUT2D eigenvalue weighted by Gasteiger charge is -2.45. The number of rotatable bonds is 2. The fourth-order valence-electron chi connectivity index (χ4n) is 3.77. The fourth-order valence-corrected chi connectivity index (χ4v) is 3.77. The summed E-state index contributed by atoms with van der Waals surface area (Å²) in [5, 5.41) is 6.36. The number of urea groups is 1. The van der Waals surface area contributed by atoms with Gasteiger partial charge >= 0.3 is 6.03 Å². The summed E-state index contributed by atoms with van der Waals surface area (Å²) in [5.41, 5.74) is 0. The molecular formula is C14H25N3O. The Balaban J connectivity index is 1.45. The third-order valence-corrected chi connectivity index (χ3v) is 4.91. The average molecular weight is 251 g/mol. The molecule has 0 aromatic heterocycles. The van der Waals surface area contributed by atoms with E-state index in [1.807, 2.05) is 0 Å². The van der Waals surface area contributed by atoms with Crippen LogP contribution in [0.1, 0.15) is 44.9 Å². The largest absolute Gasteiger partial charge is 0.335 e. The second-order valence-corrected chi connectivity index (χ2v) is 6.20. The lowest BCUT2D eigenvalue weighted by atomic mass is 9.84. The molecule has 0 radical (unpaired) electrons. The highest BCUT2D eigenvalue weighted by Gasteiger charge is 2.35. The number of carbonyl (C=O) groups excluding carboxylic acids is 1. The summed E-state index contributed by atoms with van der Waals surface area (Å²) in [6, 6.07) is 0.872. The Morgan fingerprint density at radius 1 is 0.944 bits per heavy atom. The average Bonchev–Trinajstić information content (AvgIpc) is 2.41. The first-order valence-electron chi connectivity index (χ1n) is 7.60. The first kappa shape index (κ1) is 12.3. The lowest BCUT2D eigenvalue weighted by Crippen LogP contribution is -2.59. The standard InChI is InChI=1S/C14H25N3O/c18-14(15-12-4-2-1-3-5-12)16-13-10-17-8-6-11(13)7-9-17/h11-13H,1-10H2,(H2,15,16,18). The summed E-state index contributed by atoms with van der Waals surface area (Å²) < 4.78 is 0. The smallest absolute Gasteiger partial charge is 0.315 e. The molecule has 1 atom stereocenters. The molecule has 1 aliphatic carbocycles. The molecule has 1 saturated carbocycles. The Morgan fingerprint density at radius 2 is 1.67 bits per heavy atom. The molecule has 18 heavy (non-hydrogen) atoms. The van der Waals surface area contributed by atoms with Crippen molar-refractivity contribution in [3.63, 3.8) is 0 Å².